The second-order valence-corrected chi connectivity index (χ2v) is 8.63. The van der Waals surface area contributed by atoms with Gasteiger partial charge in [-0.25, -0.2) is 4.39 Å². The Morgan fingerprint density at radius 2 is 1.96 bits per heavy atom. The van der Waals surface area contributed by atoms with Crippen molar-refractivity contribution in [1.82, 2.24) is 9.80 Å². The maximum absolute atomic E-state index is 13.2. The van der Waals surface area contributed by atoms with Crippen molar-refractivity contribution >= 4 is 5.97 Å². The highest BCUT2D eigenvalue weighted by Gasteiger charge is 2.53. The summed E-state index contributed by atoms with van der Waals surface area (Å²) in [7, 11) is 0. The molecule has 0 saturated carbocycles. The van der Waals surface area contributed by atoms with Crippen molar-refractivity contribution in [3.05, 3.63) is 35.6 Å². The van der Waals surface area contributed by atoms with Crippen LogP contribution in [0.3, 0.4) is 0 Å². The predicted octanol–water partition coefficient (Wildman–Crippen LogP) is 3.56. The molecule has 0 aliphatic carbocycles. The van der Waals surface area contributed by atoms with E-state index in [1.54, 1.807) is 0 Å². The summed E-state index contributed by atoms with van der Waals surface area (Å²) < 4.78 is 18.7. The zero-order valence-corrected chi connectivity index (χ0v) is 16.9. The number of benzene rings is 1. The summed E-state index contributed by atoms with van der Waals surface area (Å²) in [6.07, 6.45) is 1.89. The molecule has 0 aromatic heterocycles. The van der Waals surface area contributed by atoms with Gasteiger partial charge in [-0.3, -0.25) is 9.69 Å². The van der Waals surface area contributed by atoms with E-state index in [1.807, 2.05) is 19.1 Å². The molecule has 0 unspecified atom stereocenters. The van der Waals surface area contributed by atoms with Gasteiger partial charge in [0.25, 0.3) is 0 Å². The van der Waals surface area contributed by atoms with Gasteiger partial charge in [-0.15, -0.1) is 0 Å². The lowest BCUT2D eigenvalue weighted by Crippen LogP contribution is -2.42. The molecule has 1 aromatic rings. The number of rotatable bonds is 6. The first kappa shape index (κ1) is 20.3. The topological polar surface area (TPSA) is 32.8 Å². The first-order valence-electron chi connectivity index (χ1n) is 10.3. The fraction of sp³-hybridized carbons (Fsp3) is 0.682. The van der Waals surface area contributed by atoms with Crippen LogP contribution in [-0.2, 0) is 16.1 Å². The van der Waals surface area contributed by atoms with Crippen LogP contribution in [0.15, 0.2) is 24.3 Å². The van der Waals surface area contributed by atoms with Crippen LogP contribution >= 0.6 is 0 Å². The fourth-order valence-electron chi connectivity index (χ4n) is 4.87. The number of hydrogen-bond acceptors (Lipinski definition) is 4. The van der Waals surface area contributed by atoms with Gasteiger partial charge in [-0.05, 0) is 49.9 Å². The summed E-state index contributed by atoms with van der Waals surface area (Å²) in [6.45, 7) is 12.3. The highest BCUT2D eigenvalue weighted by atomic mass is 19.1. The fourth-order valence-corrected chi connectivity index (χ4v) is 4.87. The van der Waals surface area contributed by atoms with Gasteiger partial charge >= 0.3 is 5.97 Å². The van der Waals surface area contributed by atoms with Crippen LogP contribution in [-0.4, -0.2) is 55.1 Å². The number of fused-ring (bicyclic) bond motifs is 1. The molecule has 1 aromatic carbocycles. The molecule has 3 rings (SSSR count). The van der Waals surface area contributed by atoms with Gasteiger partial charge in [0.05, 0.1) is 12.0 Å². The molecule has 2 atom stereocenters. The normalized spacial score (nSPS) is 26.8. The van der Waals surface area contributed by atoms with E-state index in [4.69, 9.17) is 4.74 Å². The van der Waals surface area contributed by atoms with Crippen molar-refractivity contribution in [2.75, 3.05) is 39.3 Å². The molecule has 2 heterocycles. The van der Waals surface area contributed by atoms with Crippen molar-refractivity contribution < 1.29 is 13.9 Å². The molecule has 150 valence electrons. The van der Waals surface area contributed by atoms with E-state index in [1.165, 1.54) is 12.1 Å². The Balaban J connectivity index is 1.76. The van der Waals surface area contributed by atoms with Crippen molar-refractivity contribution in [2.45, 2.75) is 40.2 Å². The molecule has 2 aliphatic rings. The maximum atomic E-state index is 13.2. The van der Waals surface area contributed by atoms with Crippen LogP contribution in [0.4, 0.5) is 4.39 Å². The highest BCUT2D eigenvalue weighted by Crippen LogP contribution is 2.44. The van der Waals surface area contributed by atoms with Gasteiger partial charge in [-0.1, -0.05) is 26.0 Å². The monoisotopic (exact) mass is 376 g/mol. The van der Waals surface area contributed by atoms with Crippen LogP contribution < -0.4 is 0 Å². The summed E-state index contributed by atoms with van der Waals surface area (Å²) in [5, 5.41) is 0. The molecular weight excluding hydrogens is 343 g/mol. The summed E-state index contributed by atoms with van der Waals surface area (Å²) in [4.78, 5) is 17.9. The summed E-state index contributed by atoms with van der Waals surface area (Å²) in [5.74, 6) is 0.668. The molecular formula is C22H33FN2O2. The number of likely N-dealkylation sites (tertiary alicyclic amines) is 2. The summed E-state index contributed by atoms with van der Waals surface area (Å²) in [5.41, 5.74) is 0.750. The Hall–Kier alpha value is -1.46. The molecule has 2 aliphatic heterocycles. The van der Waals surface area contributed by atoms with Gasteiger partial charge in [0.15, 0.2) is 0 Å². The van der Waals surface area contributed by atoms with Gasteiger partial charge in [0.2, 0.25) is 0 Å². The van der Waals surface area contributed by atoms with Crippen LogP contribution in [0.2, 0.25) is 0 Å². The van der Waals surface area contributed by atoms with Crippen LogP contribution in [0.5, 0.6) is 0 Å². The number of carbonyl (C=O) groups is 1. The first-order chi connectivity index (χ1) is 12.9. The Labute approximate surface area is 162 Å². The molecule has 0 radical (unpaired) electrons. The lowest BCUT2D eigenvalue weighted by molar-refractivity contribution is -0.157. The largest absolute Gasteiger partial charge is 0.466 e. The molecule has 2 saturated heterocycles. The lowest BCUT2D eigenvalue weighted by atomic mass is 9.75. The number of carbonyl (C=O) groups excluding carboxylic acids is 1. The molecule has 5 heteroatoms. The lowest BCUT2D eigenvalue weighted by Gasteiger charge is -2.31. The van der Waals surface area contributed by atoms with Gasteiger partial charge < -0.3 is 9.64 Å². The quantitative estimate of drug-likeness (QED) is 0.711. The van der Waals surface area contributed by atoms with Gasteiger partial charge in [-0.2, -0.15) is 0 Å². The van der Waals surface area contributed by atoms with Crippen LogP contribution in [0, 0.1) is 23.1 Å². The Bertz CT molecular complexity index is 634. The average Bonchev–Trinajstić information content (AvgIpc) is 2.85. The molecule has 0 amide bonds. The smallest absolute Gasteiger partial charge is 0.313 e. The Kier molecular flexibility index (Phi) is 6.53. The summed E-state index contributed by atoms with van der Waals surface area (Å²) in [6, 6.07) is 6.77. The minimum absolute atomic E-state index is 0.00936. The van der Waals surface area contributed by atoms with E-state index < -0.39 is 0 Å². The van der Waals surface area contributed by atoms with Crippen LogP contribution in [0.25, 0.3) is 0 Å². The van der Waals surface area contributed by atoms with Crippen molar-refractivity contribution in [2.24, 2.45) is 17.3 Å². The van der Waals surface area contributed by atoms with E-state index in [9.17, 15) is 9.18 Å². The second kappa shape index (κ2) is 8.70. The van der Waals surface area contributed by atoms with E-state index in [-0.39, 0.29) is 17.2 Å². The highest BCUT2D eigenvalue weighted by molar-refractivity contribution is 5.78. The average molecular weight is 377 g/mol. The second-order valence-electron chi connectivity index (χ2n) is 8.63. The number of hydrogen-bond donors (Lipinski definition) is 0. The number of nitrogens with zero attached hydrogens (tertiary/aromatic N) is 2. The molecule has 2 fully saturated rings. The number of halogens is 1. The number of esters is 1. The third-order valence-corrected chi connectivity index (χ3v) is 5.97. The molecule has 0 bridgehead atoms. The molecule has 0 N–H and O–H groups in total. The Morgan fingerprint density at radius 3 is 2.63 bits per heavy atom. The zero-order valence-electron chi connectivity index (χ0n) is 16.9. The zero-order chi connectivity index (χ0) is 19.4. The van der Waals surface area contributed by atoms with E-state index in [0.29, 0.717) is 18.4 Å². The third-order valence-electron chi connectivity index (χ3n) is 5.97. The minimum atomic E-state index is -0.373. The van der Waals surface area contributed by atoms with E-state index in [0.717, 1.165) is 57.7 Å². The van der Waals surface area contributed by atoms with Crippen molar-refractivity contribution in [1.29, 1.82) is 0 Å². The van der Waals surface area contributed by atoms with Gasteiger partial charge in [0, 0.05) is 38.6 Å². The number of ether oxygens (including phenoxy) is 1. The van der Waals surface area contributed by atoms with E-state index in [2.05, 4.69) is 23.6 Å². The Morgan fingerprint density at radius 1 is 1.26 bits per heavy atom. The van der Waals surface area contributed by atoms with Crippen LogP contribution in [0.1, 0.15) is 39.2 Å². The summed E-state index contributed by atoms with van der Waals surface area (Å²) >= 11 is 0. The SMILES string of the molecule is CCOC(=O)[C@@]12CCCN(Cc3ccc(F)cc3)C[C@@H]1CN(CC(C)C)C2. The van der Waals surface area contributed by atoms with Gasteiger partial charge in [0.1, 0.15) is 5.82 Å². The molecule has 0 spiro atoms. The van der Waals surface area contributed by atoms with Crippen molar-refractivity contribution in [3.63, 3.8) is 0 Å². The third kappa shape index (κ3) is 4.69. The standard InChI is InChI=1S/C22H33FN2O2/c1-4-27-21(26)22-10-5-11-24(13-18-6-8-20(23)9-7-18)14-19(22)15-25(16-22)12-17(2)3/h6-9,17,19H,4-5,10-16H2,1-3H3/t19-,22-/m1/s1. The van der Waals surface area contributed by atoms with Crippen molar-refractivity contribution in [3.8, 4) is 0 Å². The molecule has 27 heavy (non-hydrogen) atoms. The minimum Gasteiger partial charge on any atom is -0.466 e. The molecule has 4 nitrogen and oxygen atoms in total. The maximum Gasteiger partial charge on any atom is 0.313 e. The first-order valence-corrected chi connectivity index (χ1v) is 10.3. The predicted molar refractivity (Wildman–Crippen MR) is 105 cm³/mol. The van der Waals surface area contributed by atoms with E-state index >= 15 is 0 Å².